The van der Waals surface area contributed by atoms with Gasteiger partial charge in [-0.1, -0.05) is 19.9 Å². The van der Waals surface area contributed by atoms with Crippen LogP contribution in [0.2, 0.25) is 0 Å². The minimum Gasteiger partial charge on any atom is -0.454 e. The second kappa shape index (κ2) is 7.30. The normalized spacial score (nSPS) is 20.3. The van der Waals surface area contributed by atoms with E-state index in [2.05, 4.69) is 30.9 Å². The third-order valence-electron chi connectivity index (χ3n) is 6.59. The van der Waals surface area contributed by atoms with Crippen LogP contribution in [0.3, 0.4) is 0 Å². The Labute approximate surface area is 177 Å². The largest absolute Gasteiger partial charge is 0.454 e. The monoisotopic (exact) mass is 410 g/mol. The van der Waals surface area contributed by atoms with Crippen molar-refractivity contribution in [1.29, 1.82) is 0 Å². The van der Waals surface area contributed by atoms with Gasteiger partial charge in [-0.25, -0.2) is 0 Å². The zero-order chi connectivity index (χ0) is 20.9. The number of carbonyl (C=O) groups excluding carboxylic acids is 1. The van der Waals surface area contributed by atoms with Crippen LogP contribution < -0.4 is 9.47 Å². The smallest absolute Gasteiger partial charge is 0.257 e. The molecule has 2 aromatic rings. The number of fused-ring (bicyclic) bond motifs is 3. The van der Waals surface area contributed by atoms with Crippen molar-refractivity contribution in [2.75, 3.05) is 33.5 Å². The van der Waals surface area contributed by atoms with E-state index in [9.17, 15) is 4.79 Å². The number of ether oxygens (including phenoxy) is 2. The Morgan fingerprint density at radius 1 is 1.17 bits per heavy atom. The van der Waals surface area contributed by atoms with Crippen molar-refractivity contribution in [2.24, 2.45) is 5.92 Å². The number of nitrogens with zero attached hydrogens (tertiary/aromatic N) is 4. The Bertz CT molecular complexity index is 959. The zero-order valence-corrected chi connectivity index (χ0v) is 18.1. The molecule has 160 valence electrons. The number of amides is 1. The second-order valence-corrected chi connectivity index (χ2v) is 9.41. The lowest BCUT2D eigenvalue weighted by Crippen LogP contribution is -2.53. The van der Waals surface area contributed by atoms with E-state index in [1.807, 2.05) is 28.9 Å². The minimum atomic E-state index is -0.0361. The number of rotatable bonds is 4. The third kappa shape index (κ3) is 3.35. The molecule has 0 saturated carbocycles. The maximum atomic E-state index is 12.8. The highest BCUT2D eigenvalue weighted by atomic mass is 16.7. The van der Waals surface area contributed by atoms with Crippen LogP contribution in [0, 0.1) is 5.92 Å². The number of hydrogen-bond acceptors (Lipinski definition) is 5. The summed E-state index contributed by atoms with van der Waals surface area (Å²) in [6.45, 7) is 9.16. The van der Waals surface area contributed by atoms with Crippen molar-refractivity contribution >= 4 is 5.91 Å². The maximum absolute atomic E-state index is 12.8. The first kappa shape index (κ1) is 19.4. The minimum absolute atomic E-state index is 0.0361. The molecule has 4 heterocycles. The van der Waals surface area contributed by atoms with Gasteiger partial charge >= 0.3 is 0 Å². The Hall–Kier alpha value is -2.54. The topological polar surface area (TPSA) is 59.8 Å². The first-order valence-corrected chi connectivity index (χ1v) is 10.9. The molecule has 1 saturated heterocycles. The zero-order valence-electron chi connectivity index (χ0n) is 18.1. The average molecular weight is 411 g/mol. The number of carbonyl (C=O) groups is 1. The summed E-state index contributed by atoms with van der Waals surface area (Å²) in [4.78, 5) is 17.2. The first-order chi connectivity index (χ1) is 14.4. The predicted molar refractivity (Wildman–Crippen MR) is 113 cm³/mol. The molecule has 1 amide bonds. The number of likely N-dealkylation sites (N-methyl/N-ethyl adjacent to an activating group) is 1. The van der Waals surface area contributed by atoms with E-state index in [4.69, 9.17) is 14.6 Å². The standard InChI is InChI=1S/C23H30N4O3/c1-16(2)11-27-13-18-21(24-27)23(14-25(3)22(18)28)6-8-26(9-7-23)12-17-4-5-19-20(10-17)30-15-29-19/h4-5,10,13,16H,6-9,11-12,14-15H2,1-3H3. The molecule has 30 heavy (non-hydrogen) atoms. The van der Waals surface area contributed by atoms with Crippen molar-refractivity contribution in [3.63, 3.8) is 0 Å². The summed E-state index contributed by atoms with van der Waals surface area (Å²) < 4.78 is 12.9. The molecule has 1 aromatic carbocycles. The van der Waals surface area contributed by atoms with E-state index >= 15 is 0 Å². The Kier molecular flexibility index (Phi) is 4.73. The van der Waals surface area contributed by atoms with Crippen LogP contribution in [0.5, 0.6) is 11.5 Å². The fourth-order valence-electron chi connectivity index (χ4n) is 5.08. The van der Waals surface area contributed by atoms with Crippen LogP contribution in [-0.2, 0) is 18.5 Å². The van der Waals surface area contributed by atoms with Crippen LogP contribution >= 0.6 is 0 Å². The van der Waals surface area contributed by atoms with Crippen LogP contribution in [0.15, 0.2) is 24.4 Å². The second-order valence-electron chi connectivity index (χ2n) is 9.41. The van der Waals surface area contributed by atoms with Crippen molar-refractivity contribution in [3.05, 3.63) is 41.2 Å². The molecule has 3 aliphatic heterocycles. The SMILES string of the molecule is CC(C)Cn1cc2c(n1)C1(CCN(Cc3ccc4c(c3)OCO4)CC1)CN(C)C2=O. The lowest BCUT2D eigenvalue weighted by molar-refractivity contribution is 0.0628. The van der Waals surface area contributed by atoms with E-state index in [1.165, 1.54) is 5.56 Å². The van der Waals surface area contributed by atoms with Gasteiger partial charge in [0.2, 0.25) is 6.79 Å². The molecule has 1 spiro atoms. The average Bonchev–Trinajstić information content (AvgIpc) is 3.35. The predicted octanol–water partition coefficient (Wildman–Crippen LogP) is 2.89. The van der Waals surface area contributed by atoms with Crippen LogP contribution in [0.4, 0.5) is 0 Å². The Morgan fingerprint density at radius 2 is 1.93 bits per heavy atom. The molecule has 0 N–H and O–H groups in total. The molecule has 1 fully saturated rings. The van der Waals surface area contributed by atoms with Crippen molar-refractivity contribution < 1.29 is 14.3 Å². The van der Waals surface area contributed by atoms with Gasteiger partial charge in [0, 0.05) is 38.3 Å². The van der Waals surface area contributed by atoms with E-state index in [0.717, 1.165) is 68.3 Å². The third-order valence-corrected chi connectivity index (χ3v) is 6.59. The fourth-order valence-corrected chi connectivity index (χ4v) is 5.08. The summed E-state index contributed by atoms with van der Waals surface area (Å²) in [5.41, 5.74) is 3.03. The lowest BCUT2D eigenvalue weighted by atomic mass is 9.72. The first-order valence-electron chi connectivity index (χ1n) is 10.9. The summed E-state index contributed by atoms with van der Waals surface area (Å²) >= 11 is 0. The van der Waals surface area contributed by atoms with Crippen LogP contribution in [0.1, 0.15) is 48.3 Å². The summed E-state index contributed by atoms with van der Waals surface area (Å²) in [5, 5.41) is 4.92. The van der Waals surface area contributed by atoms with Gasteiger partial charge in [-0.3, -0.25) is 14.4 Å². The van der Waals surface area contributed by atoms with Gasteiger partial charge < -0.3 is 14.4 Å². The Morgan fingerprint density at radius 3 is 2.70 bits per heavy atom. The van der Waals surface area contributed by atoms with E-state index in [-0.39, 0.29) is 11.3 Å². The molecule has 0 bridgehead atoms. The molecule has 0 unspecified atom stereocenters. The van der Waals surface area contributed by atoms with Crippen LogP contribution in [0.25, 0.3) is 0 Å². The van der Waals surface area contributed by atoms with Gasteiger partial charge in [0.05, 0.1) is 11.3 Å². The fraction of sp³-hybridized carbons (Fsp3) is 0.565. The number of aromatic nitrogens is 2. The molecular formula is C23H30N4O3. The van der Waals surface area contributed by atoms with Crippen molar-refractivity contribution in [1.82, 2.24) is 19.6 Å². The van der Waals surface area contributed by atoms with Gasteiger partial charge in [-0.15, -0.1) is 0 Å². The number of likely N-dealkylation sites (tertiary alicyclic amines) is 1. The summed E-state index contributed by atoms with van der Waals surface area (Å²) in [7, 11) is 1.92. The van der Waals surface area contributed by atoms with Gasteiger partial charge in [0.1, 0.15) is 0 Å². The Balaban J connectivity index is 1.33. The van der Waals surface area contributed by atoms with E-state index in [0.29, 0.717) is 12.7 Å². The number of benzene rings is 1. The number of piperidine rings is 1. The van der Waals surface area contributed by atoms with Crippen molar-refractivity contribution in [3.8, 4) is 11.5 Å². The molecule has 7 nitrogen and oxygen atoms in total. The molecule has 0 radical (unpaired) electrons. The van der Waals surface area contributed by atoms with E-state index < -0.39 is 0 Å². The van der Waals surface area contributed by atoms with Gasteiger partial charge in [0.25, 0.3) is 5.91 Å². The molecule has 3 aliphatic rings. The van der Waals surface area contributed by atoms with E-state index in [1.54, 1.807) is 0 Å². The molecule has 1 aromatic heterocycles. The quantitative estimate of drug-likeness (QED) is 0.776. The highest BCUT2D eigenvalue weighted by molar-refractivity contribution is 5.96. The molecule has 5 rings (SSSR count). The van der Waals surface area contributed by atoms with Gasteiger partial charge in [-0.05, 0) is 49.5 Å². The highest BCUT2D eigenvalue weighted by Gasteiger charge is 2.46. The summed E-state index contributed by atoms with van der Waals surface area (Å²) in [6.07, 6.45) is 4.00. The van der Waals surface area contributed by atoms with Crippen molar-refractivity contribution in [2.45, 2.75) is 45.2 Å². The maximum Gasteiger partial charge on any atom is 0.257 e. The van der Waals surface area contributed by atoms with Gasteiger partial charge in [-0.2, -0.15) is 5.10 Å². The summed E-state index contributed by atoms with van der Waals surface area (Å²) in [5.74, 6) is 2.27. The van der Waals surface area contributed by atoms with Crippen LogP contribution in [-0.4, -0.2) is 59.0 Å². The number of hydrogen-bond donors (Lipinski definition) is 0. The molecule has 7 heteroatoms. The molecule has 0 aliphatic carbocycles. The molecular weight excluding hydrogens is 380 g/mol. The summed E-state index contributed by atoms with van der Waals surface area (Å²) in [6, 6.07) is 6.21. The highest BCUT2D eigenvalue weighted by Crippen LogP contribution is 2.41. The van der Waals surface area contributed by atoms with Gasteiger partial charge in [0.15, 0.2) is 11.5 Å². The molecule has 0 atom stereocenters. The lowest BCUT2D eigenvalue weighted by Gasteiger charge is -2.45.